The van der Waals surface area contributed by atoms with Gasteiger partial charge >= 0.3 is 0 Å². The minimum Gasteiger partial charge on any atom is -0.326 e. The number of fused-ring (bicyclic) bond motifs is 1. The van der Waals surface area contributed by atoms with E-state index in [0.717, 1.165) is 5.52 Å². The summed E-state index contributed by atoms with van der Waals surface area (Å²) < 4.78 is 1.92. The van der Waals surface area contributed by atoms with Gasteiger partial charge in [0.1, 0.15) is 17.3 Å². The Balaban J connectivity index is 2.33. The Hall–Kier alpha value is -2.68. The molecule has 3 aromatic rings. The van der Waals surface area contributed by atoms with E-state index >= 15 is 0 Å². The van der Waals surface area contributed by atoms with Crippen molar-refractivity contribution in [2.45, 2.75) is 0 Å². The predicted octanol–water partition coefficient (Wildman–Crippen LogP) is 1.24. The Labute approximate surface area is 103 Å². The molecule has 0 saturated heterocycles. The van der Waals surface area contributed by atoms with Gasteiger partial charge in [0.25, 0.3) is 0 Å². The molecular weight excluding hydrogens is 228 g/mol. The standard InChI is InChI=1S/C12H10N6/c1-17-10-5-3-4-8(6-13)11(10)15-12(17)9-7-14-18(2)16-9/h3-5,7H,1-2H3. The van der Waals surface area contributed by atoms with Gasteiger partial charge in [-0.2, -0.15) is 20.3 Å². The zero-order valence-corrected chi connectivity index (χ0v) is 9.99. The van der Waals surface area contributed by atoms with E-state index in [1.165, 1.54) is 4.80 Å². The summed E-state index contributed by atoms with van der Waals surface area (Å²) in [5.74, 6) is 0.709. The first-order valence-corrected chi connectivity index (χ1v) is 5.43. The van der Waals surface area contributed by atoms with Crippen LogP contribution in [0.2, 0.25) is 0 Å². The molecule has 1 aromatic carbocycles. The van der Waals surface area contributed by atoms with Crippen LogP contribution in [0.5, 0.6) is 0 Å². The fraction of sp³-hybridized carbons (Fsp3) is 0.167. The second kappa shape index (κ2) is 3.67. The van der Waals surface area contributed by atoms with Crippen LogP contribution < -0.4 is 0 Å². The molecule has 18 heavy (non-hydrogen) atoms. The highest BCUT2D eigenvalue weighted by Crippen LogP contribution is 2.23. The molecule has 0 bridgehead atoms. The number of nitriles is 1. The SMILES string of the molecule is Cn1ncc(-c2nc3c(C#N)cccc3n2C)n1. The van der Waals surface area contributed by atoms with E-state index in [1.807, 2.05) is 23.7 Å². The van der Waals surface area contributed by atoms with E-state index in [2.05, 4.69) is 21.3 Å². The Bertz CT molecular complexity index is 774. The summed E-state index contributed by atoms with van der Waals surface area (Å²) in [6, 6.07) is 7.69. The molecule has 0 radical (unpaired) electrons. The molecule has 0 N–H and O–H groups in total. The van der Waals surface area contributed by atoms with E-state index in [4.69, 9.17) is 5.26 Å². The second-order valence-corrected chi connectivity index (χ2v) is 4.00. The molecule has 0 aliphatic heterocycles. The summed E-state index contributed by atoms with van der Waals surface area (Å²) in [5, 5.41) is 17.3. The number of hydrogen-bond donors (Lipinski definition) is 0. The van der Waals surface area contributed by atoms with Gasteiger partial charge in [-0.3, -0.25) is 0 Å². The van der Waals surface area contributed by atoms with Crippen LogP contribution in [0.15, 0.2) is 24.4 Å². The number of benzene rings is 1. The van der Waals surface area contributed by atoms with E-state index in [1.54, 1.807) is 19.3 Å². The van der Waals surface area contributed by atoms with Crippen LogP contribution >= 0.6 is 0 Å². The molecule has 0 fully saturated rings. The molecule has 3 rings (SSSR count). The highest BCUT2D eigenvalue weighted by atomic mass is 15.5. The van der Waals surface area contributed by atoms with Gasteiger partial charge in [-0.05, 0) is 12.1 Å². The lowest BCUT2D eigenvalue weighted by molar-refractivity contribution is 0.654. The number of aromatic nitrogens is 5. The van der Waals surface area contributed by atoms with Gasteiger partial charge in [-0.15, -0.1) is 0 Å². The quantitative estimate of drug-likeness (QED) is 0.639. The summed E-state index contributed by atoms with van der Waals surface area (Å²) in [5.41, 5.74) is 2.87. The minimum absolute atomic E-state index is 0.568. The van der Waals surface area contributed by atoms with Crippen molar-refractivity contribution in [2.75, 3.05) is 0 Å². The van der Waals surface area contributed by atoms with Gasteiger partial charge in [-0.25, -0.2) is 4.98 Å². The lowest BCUT2D eigenvalue weighted by atomic mass is 10.2. The van der Waals surface area contributed by atoms with Crippen LogP contribution in [0, 0.1) is 11.3 Å². The Morgan fingerprint density at radius 2 is 2.11 bits per heavy atom. The van der Waals surface area contributed by atoms with Crippen LogP contribution in [0.4, 0.5) is 0 Å². The van der Waals surface area contributed by atoms with Gasteiger partial charge < -0.3 is 4.57 Å². The molecular formula is C12H10N6. The zero-order valence-electron chi connectivity index (χ0n) is 9.99. The topological polar surface area (TPSA) is 72.3 Å². The van der Waals surface area contributed by atoms with Crippen molar-refractivity contribution in [2.24, 2.45) is 14.1 Å². The van der Waals surface area contributed by atoms with Crippen molar-refractivity contribution in [3.8, 4) is 17.6 Å². The van der Waals surface area contributed by atoms with Crippen molar-refractivity contribution < 1.29 is 0 Å². The van der Waals surface area contributed by atoms with Crippen LogP contribution in [-0.4, -0.2) is 24.5 Å². The molecule has 0 unspecified atom stereocenters. The number of para-hydroxylation sites is 1. The van der Waals surface area contributed by atoms with Crippen molar-refractivity contribution >= 4 is 11.0 Å². The van der Waals surface area contributed by atoms with Crippen LogP contribution in [-0.2, 0) is 14.1 Å². The number of nitrogens with zero attached hydrogens (tertiary/aromatic N) is 6. The summed E-state index contributed by atoms with van der Waals surface area (Å²) in [6.45, 7) is 0. The van der Waals surface area contributed by atoms with Crippen molar-refractivity contribution in [1.82, 2.24) is 24.5 Å². The highest BCUT2D eigenvalue weighted by Gasteiger charge is 2.14. The van der Waals surface area contributed by atoms with Crippen LogP contribution in [0.25, 0.3) is 22.6 Å². The summed E-state index contributed by atoms with van der Waals surface area (Å²) in [7, 11) is 3.66. The molecule has 0 spiro atoms. The van der Waals surface area contributed by atoms with Crippen molar-refractivity contribution in [3.63, 3.8) is 0 Å². The van der Waals surface area contributed by atoms with Gasteiger partial charge in [0, 0.05) is 14.1 Å². The smallest absolute Gasteiger partial charge is 0.163 e. The lowest BCUT2D eigenvalue weighted by Gasteiger charge is -1.97. The monoisotopic (exact) mass is 238 g/mol. The molecule has 88 valence electrons. The van der Waals surface area contributed by atoms with Gasteiger partial charge in [0.05, 0.1) is 17.3 Å². The lowest BCUT2D eigenvalue weighted by Crippen LogP contribution is -1.95. The Morgan fingerprint density at radius 3 is 2.78 bits per heavy atom. The summed E-state index contributed by atoms with van der Waals surface area (Å²) >= 11 is 0. The average Bonchev–Trinajstić information content (AvgIpc) is 2.94. The zero-order chi connectivity index (χ0) is 12.7. The van der Waals surface area contributed by atoms with E-state index in [-0.39, 0.29) is 0 Å². The summed E-state index contributed by atoms with van der Waals surface area (Å²) in [6.07, 6.45) is 1.66. The van der Waals surface area contributed by atoms with Gasteiger partial charge in [0.15, 0.2) is 5.82 Å². The first-order chi connectivity index (χ1) is 8.70. The number of rotatable bonds is 1. The number of imidazole rings is 1. The average molecular weight is 238 g/mol. The molecule has 2 aromatic heterocycles. The molecule has 6 heteroatoms. The molecule has 6 nitrogen and oxygen atoms in total. The number of aryl methyl sites for hydroxylation is 2. The van der Waals surface area contributed by atoms with Gasteiger partial charge in [0.2, 0.25) is 0 Å². The van der Waals surface area contributed by atoms with Crippen molar-refractivity contribution in [1.29, 1.82) is 5.26 Å². The fourth-order valence-corrected chi connectivity index (χ4v) is 1.98. The maximum Gasteiger partial charge on any atom is 0.163 e. The summed E-state index contributed by atoms with van der Waals surface area (Å²) in [4.78, 5) is 5.98. The first kappa shape index (κ1) is 10.5. The molecule has 2 heterocycles. The van der Waals surface area contributed by atoms with E-state index in [0.29, 0.717) is 22.6 Å². The molecule has 0 saturated carbocycles. The predicted molar refractivity (Wildman–Crippen MR) is 65.4 cm³/mol. The fourth-order valence-electron chi connectivity index (χ4n) is 1.98. The van der Waals surface area contributed by atoms with E-state index in [9.17, 15) is 0 Å². The third-order valence-electron chi connectivity index (χ3n) is 2.86. The molecule has 0 atom stereocenters. The minimum atomic E-state index is 0.568. The molecule has 0 amide bonds. The highest BCUT2D eigenvalue weighted by molar-refractivity contribution is 5.84. The first-order valence-electron chi connectivity index (χ1n) is 5.43. The third-order valence-corrected chi connectivity index (χ3v) is 2.86. The largest absolute Gasteiger partial charge is 0.326 e. The number of hydrogen-bond acceptors (Lipinski definition) is 4. The molecule has 0 aliphatic rings. The third kappa shape index (κ3) is 1.38. The maximum absolute atomic E-state index is 9.08. The Morgan fingerprint density at radius 1 is 1.28 bits per heavy atom. The molecule has 0 aliphatic carbocycles. The van der Waals surface area contributed by atoms with Crippen LogP contribution in [0.3, 0.4) is 0 Å². The second-order valence-electron chi connectivity index (χ2n) is 4.00. The normalized spacial score (nSPS) is 10.7. The van der Waals surface area contributed by atoms with E-state index < -0.39 is 0 Å². The van der Waals surface area contributed by atoms with Crippen LogP contribution in [0.1, 0.15) is 5.56 Å². The van der Waals surface area contributed by atoms with Crippen molar-refractivity contribution in [3.05, 3.63) is 30.0 Å². The maximum atomic E-state index is 9.08. The van der Waals surface area contributed by atoms with Gasteiger partial charge in [-0.1, -0.05) is 6.07 Å². The Kier molecular flexibility index (Phi) is 2.13.